The lowest BCUT2D eigenvalue weighted by molar-refractivity contribution is -0.123. The van der Waals surface area contributed by atoms with Crippen LogP contribution >= 0.6 is 0 Å². The predicted molar refractivity (Wildman–Crippen MR) is 53.9 cm³/mol. The quantitative estimate of drug-likeness (QED) is 0.636. The molecule has 2 fully saturated rings. The van der Waals surface area contributed by atoms with Gasteiger partial charge >= 0.3 is 0 Å². The zero-order valence-corrected chi connectivity index (χ0v) is 9.22. The zero-order chi connectivity index (χ0) is 10.4. The van der Waals surface area contributed by atoms with E-state index in [1.807, 2.05) is 6.92 Å². The molecule has 2 saturated heterocycles. The van der Waals surface area contributed by atoms with Crippen LogP contribution in [0.25, 0.3) is 0 Å². The van der Waals surface area contributed by atoms with Gasteiger partial charge in [0.15, 0.2) is 0 Å². The summed E-state index contributed by atoms with van der Waals surface area (Å²) < 4.78 is 5.37. The van der Waals surface area contributed by atoms with Crippen LogP contribution in [-0.4, -0.2) is 24.7 Å². The van der Waals surface area contributed by atoms with E-state index in [-0.39, 0.29) is 22.8 Å². The predicted octanol–water partition coefficient (Wildman–Crippen LogP) is 1.33. The molecule has 0 aromatic heterocycles. The molecule has 0 saturated carbocycles. The van der Waals surface area contributed by atoms with E-state index in [0.717, 1.165) is 26.1 Å². The van der Waals surface area contributed by atoms with Crippen molar-refractivity contribution in [3.63, 3.8) is 0 Å². The first-order valence-electron chi connectivity index (χ1n) is 5.39. The fourth-order valence-electron chi connectivity index (χ4n) is 2.74. The summed E-state index contributed by atoms with van der Waals surface area (Å²) in [4.78, 5) is 11.7. The van der Waals surface area contributed by atoms with Gasteiger partial charge in [-0.2, -0.15) is 0 Å². The summed E-state index contributed by atoms with van der Waals surface area (Å²) in [7, 11) is 0. The Kier molecular flexibility index (Phi) is 2.11. The van der Waals surface area contributed by atoms with Gasteiger partial charge in [0.2, 0.25) is 5.91 Å². The largest absolute Gasteiger partial charge is 0.381 e. The third-order valence-corrected chi connectivity index (χ3v) is 4.42. The van der Waals surface area contributed by atoms with E-state index in [2.05, 4.69) is 19.2 Å². The third-order valence-electron chi connectivity index (χ3n) is 4.42. The van der Waals surface area contributed by atoms with Crippen LogP contribution in [0.2, 0.25) is 0 Å². The van der Waals surface area contributed by atoms with Crippen LogP contribution < -0.4 is 5.32 Å². The summed E-state index contributed by atoms with van der Waals surface area (Å²) in [6.45, 7) is 7.97. The van der Waals surface area contributed by atoms with Crippen LogP contribution in [0.4, 0.5) is 0 Å². The molecule has 0 aromatic rings. The number of carbonyl (C=O) groups is 1. The molecular weight excluding hydrogens is 178 g/mol. The van der Waals surface area contributed by atoms with Gasteiger partial charge in [0.1, 0.15) is 0 Å². The summed E-state index contributed by atoms with van der Waals surface area (Å²) in [5.74, 6) is 0.317. The van der Waals surface area contributed by atoms with Crippen molar-refractivity contribution in [1.29, 1.82) is 0 Å². The highest BCUT2D eigenvalue weighted by atomic mass is 16.5. The SMILES string of the molecule is CC1C(=O)NC2(CCOCC2)C1(C)C. The topological polar surface area (TPSA) is 38.3 Å². The molecule has 2 aliphatic heterocycles. The minimum absolute atomic E-state index is 0.0122. The summed E-state index contributed by atoms with van der Waals surface area (Å²) in [6, 6.07) is 0. The summed E-state index contributed by atoms with van der Waals surface area (Å²) >= 11 is 0. The highest BCUT2D eigenvalue weighted by molar-refractivity contribution is 5.83. The molecule has 1 amide bonds. The van der Waals surface area contributed by atoms with E-state index in [1.165, 1.54) is 0 Å². The van der Waals surface area contributed by atoms with Gasteiger partial charge in [-0.15, -0.1) is 0 Å². The molecule has 0 radical (unpaired) electrons. The molecular formula is C11H19NO2. The van der Waals surface area contributed by atoms with Gasteiger partial charge in [0.25, 0.3) is 0 Å². The Balaban J connectivity index is 2.30. The number of hydrogen-bond donors (Lipinski definition) is 1. The van der Waals surface area contributed by atoms with Crippen LogP contribution in [0, 0.1) is 11.3 Å². The first-order valence-corrected chi connectivity index (χ1v) is 5.39. The molecule has 2 aliphatic rings. The van der Waals surface area contributed by atoms with E-state index >= 15 is 0 Å². The third kappa shape index (κ3) is 1.11. The van der Waals surface area contributed by atoms with E-state index < -0.39 is 0 Å². The van der Waals surface area contributed by atoms with Gasteiger partial charge < -0.3 is 10.1 Å². The minimum Gasteiger partial charge on any atom is -0.381 e. The Bertz CT molecular complexity index is 254. The highest BCUT2D eigenvalue weighted by Crippen LogP contribution is 2.48. The van der Waals surface area contributed by atoms with E-state index in [0.29, 0.717) is 0 Å². The number of amides is 1. The smallest absolute Gasteiger partial charge is 0.223 e. The normalized spacial score (nSPS) is 34.5. The molecule has 1 atom stereocenters. The van der Waals surface area contributed by atoms with Crippen LogP contribution in [0.15, 0.2) is 0 Å². The van der Waals surface area contributed by atoms with Crippen molar-refractivity contribution in [1.82, 2.24) is 5.32 Å². The molecule has 1 N–H and O–H groups in total. The van der Waals surface area contributed by atoms with Gasteiger partial charge in [0, 0.05) is 19.1 Å². The van der Waals surface area contributed by atoms with Crippen molar-refractivity contribution in [3.05, 3.63) is 0 Å². The van der Waals surface area contributed by atoms with Crippen molar-refractivity contribution in [2.24, 2.45) is 11.3 Å². The first-order chi connectivity index (χ1) is 6.50. The standard InChI is InChI=1S/C11H19NO2/c1-8-9(13)12-11(10(8,2)3)4-6-14-7-5-11/h8H,4-7H2,1-3H3,(H,12,13). The summed E-state index contributed by atoms with van der Waals surface area (Å²) in [5, 5.41) is 3.19. The van der Waals surface area contributed by atoms with Crippen molar-refractivity contribution in [3.8, 4) is 0 Å². The van der Waals surface area contributed by atoms with Crippen LogP contribution in [0.1, 0.15) is 33.6 Å². The zero-order valence-electron chi connectivity index (χ0n) is 9.22. The average molecular weight is 197 g/mol. The van der Waals surface area contributed by atoms with Crippen LogP contribution in [0.5, 0.6) is 0 Å². The minimum atomic E-state index is -0.0122. The van der Waals surface area contributed by atoms with Gasteiger partial charge in [-0.1, -0.05) is 20.8 Å². The Hall–Kier alpha value is -0.570. The number of nitrogens with one attached hydrogen (secondary N) is 1. The average Bonchev–Trinajstić information content (AvgIpc) is 2.30. The van der Waals surface area contributed by atoms with E-state index in [9.17, 15) is 4.79 Å². The number of hydrogen-bond acceptors (Lipinski definition) is 2. The first kappa shape index (κ1) is 9.97. The number of rotatable bonds is 0. The second-order valence-corrected chi connectivity index (χ2v) is 5.13. The maximum atomic E-state index is 11.7. The monoisotopic (exact) mass is 197 g/mol. The number of ether oxygens (including phenoxy) is 1. The van der Waals surface area contributed by atoms with E-state index in [4.69, 9.17) is 4.74 Å². The molecule has 0 aromatic carbocycles. The molecule has 3 heteroatoms. The lowest BCUT2D eigenvalue weighted by Crippen LogP contribution is -2.54. The molecule has 1 spiro atoms. The molecule has 14 heavy (non-hydrogen) atoms. The Morgan fingerprint density at radius 1 is 1.36 bits per heavy atom. The molecule has 1 unspecified atom stereocenters. The van der Waals surface area contributed by atoms with Crippen LogP contribution in [0.3, 0.4) is 0 Å². The van der Waals surface area contributed by atoms with Crippen molar-refractivity contribution in [2.75, 3.05) is 13.2 Å². The fourth-order valence-corrected chi connectivity index (χ4v) is 2.74. The Morgan fingerprint density at radius 3 is 2.36 bits per heavy atom. The van der Waals surface area contributed by atoms with Gasteiger partial charge in [-0.3, -0.25) is 4.79 Å². The molecule has 2 heterocycles. The molecule has 80 valence electrons. The number of carbonyl (C=O) groups excluding carboxylic acids is 1. The summed E-state index contributed by atoms with van der Waals surface area (Å²) in [5.41, 5.74) is 0.0373. The maximum Gasteiger partial charge on any atom is 0.223 e. The lowest BCUT2D eigenvalue weighted by Gasteiger charge is -2.44. The van der Waals surface area contributed by atoms with Gasteiger partial charge in [-0.05, 0) is 18.3 Å². The second-order valence-electron chi connectivity index (χ2n) is 5.13. The fraction of sp³-hybridized carbons (Fsp3) is 0.909. The van der Waals surface area contributed by atoms with Crippen LogP contribution in [-0.2, 0) is 9.53 Å². The molecule has 0 bridgehead atoms. The second kappa shape index (κ2) is 2.96. The van der Waals surface area contributed by atoms with Crippen molar-refractivity contribution >= 4 is 5.91 Å². The molecule has 2 rings (SSSR count). The lowest BCUT2D eigenvalue weighted by atomic mass is 9.65. The Labute approximate surface area is 85.2 Å². The summed E-state index contributed by atoms with van der Waals surface area (Å²) in [6.07, 6.45) is 1.91. The highest BCUT2D eigenvalue weighted by Gasteiger charge is 2.56. The van der Waals surface area contributed by atoms with E-state index in [1.54, 1.807) is 0 Å². The van der Waals surface area contributed by atoms with Gasteiger partial charge in [0.05, 0.1) is 5.54 Å². The van der Waals surface area contributed by atoms with Gasteiger partial charge in [-0.25, -0.2) is 0 Å². The van der Waals surface area contributed by atoms with Crippen molar-refractivity contribution in [2.45, 2.75) is 39.2 Å². The Morgan fingerprint density at radius 2 is 1.93 bits per heavy atom. The molecule has 3 nitrogen and oxygen atoms in total. The molecule has 0 aliphatic carbocycles. The van der Waals surface area contributed by atoms with Crippen molar-refractivity contribution < 1.29 is 9.53 Å². The maximum absolute atomic E-state index is 11.7.